The van der Waals surface area contributed by atoms with Gasteiger partial charge in [0.25, 0.3) is 15.9 Å². The Morgan fingerprint density at radius 2 is 1.52 bits per heavy atom. The number of carbonyl (C=O) groups is 1. The number of nitrogens with zero attached hydrogens (tertiary/aromatic N) is 2. The highest BCUT2D eigenvalue weighted by atomic mass is 35.5. The lowest BCUT2D eigenvalue weighted by Gasteiger charge is -2.12. The van der Waals surface area contributed by atoms with Gasteiger partial charge in [0.1, 0.15) is 0 Å². The Bertz CT molecular complexity index is 1550. The Hall–Kier alpha value is -3.56. The molecule has 1 heterocycles. The number of hydrogen-bond donors (Lipinski definition) is 2. The van der Waals surface area contributed by atoms with E-state index in [0.717, 1.165) is 11.1 Å². The number of carbonyl (C=O) groups excluding carboxylic acids is 1. The number of halogens is 1. The van der Waals surface area contributed by atoms with Crippen LogP contribution in [0, 0.1) is 6.92 Å². The molecule has 0 aliphatic heterocycles. The smallest absolute Gasteiger partial charge is 0.322 e. The molecule has 0 saturated carbocycles. The van der Waals surface area contributed by atoms with Crippen LogP contribution in [0.3, 0.4) is 0 Å². The monoisotopic (exact) mass is 484 g/mol. The Balaban J connectivity index is 1.60. The van der Waals surface area contributed by atoms with Gasteiger partial charge in [-0.3, -0.25) is 18.7 Å². The molecular weight excluding hydrogens is 464 g/mol. The van der Waals surface area contributed by atoms with E-state index in [0.29, 0.717) is 11.2 Å². The molecule has 10 heteroatoms. The third-order valence-corrected chi connectivity index (χ3v) is 7.05. The molecule has 3 aromatic carbocycles. The summed E-state index contributed by atoms with van der Waals surface area (Å²) in [5.41, 5.74) is 2.92. The predicted octanol–water partition coefficient (Wildman–Crippen LogP) is 3.89. The first kappa shape index (κ1) is 22.6. The molecule has 170 valence electrons. The minimum absolute atomic E-state index is 0.0998. The molecule has 1 aromatic heterocycles. The van der Waals surface area contributed by atoms with Crippen LogP contribution in [0.25, 0.3) is 11.0 Å². The minimum atomic E-state index is -3.83. The number of fused-ring (bicyclic) bond motifs is 1. The fourth-order valence-electron chi connectivity index (χ4n) is 3.48. The standard InChI is InChI=1S/C23H21ClN4O4S/c1-14-4-8-17(9-5-14)33(31,32)26-16-6-10-19(24)18(12-16)22(29)25-15-7-11-20-21(13-15)28(3)23(30)27(20)2/h4-13,26H,1-3H3,(H,25,29). The molecule has 0 unspecified atom stereocenters. The number of aromatic nitrogens is 2. The van der Waals surface area contributed by atoms with E-state index in [4.69, 9.17) is 11.6 Å². The molecule has 0 atom stereocenters. The maximum absolute atomic E-state index is 12.9. The molecule has 2 N–H and O–H groups in total. The number of nitrogens with one attached hydrogen (secondary N) is 2. The van der Waals surface area contributed by atoms with Crippen LogP contribution in [0.4, 0.5) is 11.4 Å². The summed E-state index contributed by atoms with van der Waals surface area (Å²) in [6, 6.07) is 15.8. The molecule has 0 radical (unpaired) electrons. The maximum Gasteiger partial charge on any atom is 0.328 e. The highest BCUT2D eigenvalue weighted by molar-refractivity contribution is 7.92. The average Bonchev–Trinajstić information content (AvgIpc) is 2.99. The summed E-state index contributed by atoms with van der Waals surface area (Å²) in [6.45, 7) is 1.86. The molecule has 0 saturated heterocycles. The van der Waals surface area contributed by atoms with Crippen molar-refractivity contribution >= 4 is 49.9 Å². The highest BCUT2D eigenvalue weighted by Gasteiger charge is 2.17. The molecular formula is C23H21ClN4O4S. The number of rotatable bonds is 5. The summed E-state index contributed by atoms with van der Waals surface area (Å²) < 4.78 is 30.8. The van der Waals surface area contributed by atoms with Crippen LogP contribution in [-0.2, 0) is 24.1 Å². The van der Waals surface area contributed by atoms with Crippen molar-refractivity contribution in [2.45, 2.75) is 11.8 Å². The largest absolute Gasteiger partial charge is 0.328 e. The first-order valence-electron chi connectivity index (χ1n) is 9.93. The summed E-state index contributed by atoms with van der Waals surface area (Å²) >= 11 is 6.22. The minimum Gasteiger partial charge on any atom is -0.322 e. The fraction of sp³-hybridized carbons (Fsp3) is 0.130. The third-order valence-electron chi connectivity index (χ3n) is 5.32. The summed E-state index contributed by atoms with van der Waals surface area (Å²) in [5, 5.41) is 2.92. The van der Waals surface area contributed by atoms with Crippen LogP contribution in [0.15, 0.2) is 70.4 Å². The Morgan fingerprint density at radius 3 is 2.21 bits per heavy atom. The van der Waals surface area contributed by atoms with E-state index >= 15 is 0 Å². The molecule has 0 fully saturated rings. The SMILES string of the molecule is Cc1ccc(S(=O)(=O)Nc2ccc(Cl)c(C(=O)Nc3ccc4c(c3)n(C)c(=O)n4C)c2)cc1. The van der Waals surface area contributed by atoms with Gasteiger partial charge in [-0.25, -0.2) is 13.2 Å². The van der Waals surface area contributed by atoms with Crippen LogP contribution in [0.2, 0.25) is 5.02 Å². The lowest BCUT2D eigenvalue weighted by Crippen LogP contribution is -2.19. The van der Waals surface area contributed by atoms with Crippen LogP contribution in [-0.4, -0.2) is 23.5 Å². The summed E-state index contributed by atoms with van der Waals surface area (Å²) in [7, 11) is -0.513. The van der Waals surface area contributed by atoms with Gasteiger partial charge in [0, 0.05) is 25.5 Å². The third kappa shape index (κ3) is 4.37. The molecule has 4 aromatic rings. The van der Waals surface area contributed by atoms with Gasteiger partial charge in [0.15, 0.2) is 0 Å². The molecule has 0 aliphatic carbocycles. The second-order valence-corrected chi connectivity index (χ2v) is 9.76. The van der Waals surface area contributed by atoms with Crippen molar-refractivity contribution in [3.8, 4) is 0 Å². The van der Waals surface area contributed by atoms with Crippen molar-refractivity contribution in [2.24, 2.45) is 14.1 Å². The summed E-state index contributed by atoms with van der Waals surface area (Å²) in [6.07, 6.45) is 0. The van der Waals surface area contributed by atoms with Gasteiger partial charge in [-0.2, -0.15) is 0 Å². The fourth-order valence-corrected chi connectivity index (χ4v) is 4.73. The van der Waals surface area contributed by atoms with Gasteiger partial charge < -0.3 is 5.32 Å². The van der Waals surface area contributed by atoms with Crippen molar-refractivity contribution in [3.63, 3.8) is 0 Å². The van der Waals surface area contributed by atoms with Gasteiger partial charge in [-0.15, -0.1) is 0 Å². The summed E-state index contributed by atoms with van der Waals surface area (Å²) in [5.74, 6) is -0.517. The van der Waals surface area contributed by atoms with Gasteiger partial charge in [0.2, 0.25) is 0 Å². The lowest BCUT2D eigenvalue weighted by molar-refractivity contribution is 0.102. The zero-order chi connectivity index (χ0) is 23.9. The van der Waals surface area contributed by atoms with E-state index in [-0.39, 0.29) is 26.9 Å². The molecule has 8 nitrogen and oxygen atoms in total. The number of sulfonamides is 1. The molecule has 0 spiro atoms. The van der Waals surface area contributed by atoms with E-state index in [9.17, 15) is 18.0 Å². The lowest BCUT2D eigenvalue weighted by atomic mass is 10.2. The van der Waals surface area contributed by atoms with Crippen LogP contribution in [0.1, 0.15) is 15.9 Å². The quantitative estimate of drug-likeness (QED) is 0.448. The van der Waals surface area contributed by atoms with E-state index < -0.39 is 15.9 Å². The number of aryl methyl sites for hydroxylation is 3. The molecule has 33 heavy (non-hydrogen) atoms. The average molecular weight is 485 g/mol. The first-order chi connectivity index (χ1) is 15.6. The van der Waals surface area contributed by atoms with E-state index in [1.807, 2.05) is 6.92 Å². The summed E-state index contributed by atoms with van der Waals surface area (Å²) in [4.78, 5) is 25.1. The van der Waals surface area contributed by atoms with Crippen molar-refractivity contribution in [3.05, 3.63) is 87.3 Å². The normalized spacial score (nSPS) is 11.5. The Labute approximate surface area is 195 Å². The topological polar surface area (TPSA) is 102 Å². The number of anilines is 2. The molecule has 0 bridgehead atoms. The van der Waals surface area contributed by atoms with Crippen LogP contribution < -0.4 is 15.7 Å². The second-order valence-electron chi connectivity index (χ2n) is 7.67. The second kappa shape index (κ2) is 8.42. The van der Waals surface area contributed by atoms with Crippen molar-refractivity contribution in [2.75, 3.05) is 10.0 Å². The maximum atomic E-state index is 12.9. The first-order valence-corrected chi connectivity index (χ1v) is 11.8. The van der Waals surface area contributed by atoms with Crippen LogP contribution in [0.5, 0.6) is 0 Å². The van der Waals surface area contributed by atoms with E-state index in [2.05, 4.69) is 10.0 Å². The van der Waals surface area contributed by atoms with Gasteiger partial charge in [-0.05, 0) is 55.5 Å². The zero-order valence-electron chi connectivity index (χ0n) is 18.1. The molecule has 1 amide bonds. The number of amides is 1. The van der Waals surface area contributed by atoms with Crippen molar-refractivity contribution in [1.29, 1.82) is 0 Å². The number of benzene rings is 3. The number of hydrogen-bond acceptors (Lipinski definition) is 4. The Morgan fingerprint density at radius 1 is 0.879 bits per heavy atom. The number of imidazole rings is 1. The van der Waals surface area contributed by atoms with Gasteiger partial charge >= 0.3 is 5.69 Å². The van der Waals surface area contributed by atoms with Gasteiger partial charge in [-0.1, -0.05) is 29.3 Å². The van der Waals surface area contributed by atoms with E-state index in [1.54, 1.807) is 44.4 Å². The van der Waals surface area contributed by atoms with E-state index in [1.165, 1.54) is 39.5 Å². The Kier molecular flexibility index (Phi) is 5.77. The van der Waals surface area contributed by atoms with Gasteiger partial charge in [0.05, 0.1) is 26.5 Å². The van der Waals surface area contributed by atoms with Crippen molar-refractivity contribution in [1.82, 2.24) is 9.13 Å². The van der Waals surface area contributed by atoms with Crippen LogP contribution >= 0.6 is 11.6 Å². The predicted molar refractivity (Wildman–Crippen MR) is 130 cm³/mol. The van der Waals surface area contributed by atoms with Crippen molar-refractivity contribution < 1.29 is 13.2 Å². The zero-order valence-corrected chi connectivity index (χ0v) is 19.7. The molecule has 0 aliphatic rings. The molecule has 4 rings (SSSR count). The highest BCUT2D eigenvalue weighted by Crippen LogP contribution is 2.25.